The van der Waals surface area contributed by atoms with Gasteiger partial charge in [-0.2, -0.15) is 35.1 Å². The summed E-state index contributed by atoms with van der Waals surface area (Å²) in [5, 5.41) is 74.8. The van der Waals surface area contributed by atoms with Gasteiger partial charge in [0, 0.05) is 26.1 Å². The second-order valence-electron chi connectivity index (χ2n) is 17.0. The fourth-order valence-corrected chi connectivity index (χ4v) is 5.24. The average Bonchev–Trinajstić information content (AvgIpc) is 3.34. The Morgan fingerprint density at radius 3 is 0.825 bits per heavy atom. The molecule has 0 saturated carbocycles. The van der Waals surface area contributed by atoms with E-state index in [4.69, 9.17) is 57.6 Å². The van der Waals surface area contributed by atoms with Crippen molar-refractivity contribution in [2.75, 3.05) is 185 Å². The Morgan fingerprint density at radius 2 is 0.550 bits per heavy atom. The fourth-order valence-electron chi connectivity index (χ4n) is 5.24. The summed E-state index contributed by atoms with van der Waals surface area (Å²) in [6, 6.07) is 0. The number of carbonyl (C=O) groups is 2. The lowest BCUT2D eigenvalue weighted by molar-refractivity contribution is -0.397. The number of alkyl halides is 8. The maximum Gasteiger partial charge on any atom is 0.383 e. The molecule has 6 unspecified atom stereocenters. The molecule has 480 valence electrons. The molecule has 0 bridgehead atoms. The van der Waals surface area contributed by atoms with Gasteiger partial charge in [0.15, 0.2) is 0 Å². The first-order valence-corrected chi connectivity index (χ1v) is 25.0. The van der Waals surface area contributed by atoms with Crippen molar-refractivity contribution >= 4 is 11.6 Å². The van der Waals surface area contributed by atoms with Crippen molar-refractivity contribution in [3.05, 3.63) is 0 Å². The highest BCUT2D eigenvalue weighted by atomic mass is 19.3. The Labute approximate surface area is 458 Å². The number of ketones is 2. The minimum absolute atomic E-state index is 0.00196. The molecule has 0 aromatic heterocycles. The molecule has 0 aromatic rings. The Hall–Kier alpha value is -2.18. The molecule has 0 amide bonds. The van der Waals surface area contributed by atoms with Gasteiger partial charge in [-0.15, -0.1) is 0 Å². The average molecular weight is 1210 g/mol. The van der Waals surface area contributed by atoms with Gasteiger partial charge in [0.1, 0.15) is 88.2 Å². The summed E-state index contributed by atoms with van der Waals surface area (Å²) in [7, 11) is 0. The van der Waals surface area contributed by atoms with Crippen LogP contribution in [0.3, 0.4) is 0 Å². The van der Waals surface area contributed by atoms with Gasteiger partial charge < -0.3 is 117 Å². The van der Waals surface area contributed by atoms with Gasteiger partial charge >= 0.3 is 24.4 Å². The molecule has 0 aliphatic rings. The van der Waals surface area contributed by atoms with Crippen molar-refractivity contribution in [2.45, 2.75) is 101 Å². The van der Waals surface area contributed by atoms with Crippen LogP contribution in [0.1, 0.15) is 39.5 Å². The summed E-state index contributed by atoms with van der Waals surface area (Å²) < 4.78 is 184. The number of hydrogen-bond donors (Lipinski definition) is 8. The standard InChI is InChI=1S/C26H48F4O15.C20H36F4O11/c1-20(32)3-2-5-37-9-21(33)12-42-15-24(36)16-43-17-25(27,28)45-26(29,30)18-44-19-40-8-7-39-11-23(35)14-41-13-22(34)10-38-6-4-31;1-16(26)3-2-5-29-9-18(28)12-33-13-19(21,22)35-20(23,24)14-34-15-32-8-7-31-11-17(27)10-30-6-4-25/h21-24,31,33-36H,2-19H2,1H3;17-18,25,27-28H,2-15H2,1H3. The van der Waals surface area contributed by atoms with E-state index < -0.39 is 121 Å². The fraction of sp³-hybridized carbons (Fsp3) is 0.957. The summed E-state index contributed by atoms with van der Waals surface area (Å²) >= 11 is 0. The van der Waals surface area contributed by atoms with Crippen LogP contribution in [0.25, 0.3) is 0 Å². The van der Waals surface area contributed by atoms with Crippen LogP contribution in [0.15, 0.2) is 0 Å². The summed E-state index contributed by atoms with van der Waals surface area (Å²) in [6.07, 6.45) is -22.5. The van der Waals surface area contributed by atoms with Gasteiger partial charge in [-0.25, -0.2) is 0 Å². The Kier molecular flexibility index (Phi) is 50.1. The van der Waals surface area contributed by atoms with Gasteiger partial charge in [-0.3, -0.25) is 9.47 Å². The van der Waals surface area contributed by atoms with Crippen molar-refractivity contribution in [2.24, 2.45) is 0 Å². The normalized spacial score (nSPS) is 14.8. The van der Waals surface area contributed by atoms with E-state index in [0.717, 1.165) is 0 Å². The lowest BCUT2D eigenvalue weighted by atomic mass is 10.2. The van der Waals surface area contributed by atoms with Crippen LogP contribution in [0, 0.1) is 0 Å². The molecule has 0 heterocycles. The Balaban J connectivity index is 0. The van der Waals surface area contributed by atoms with E-state index >= 15 is 0 Å². The third-order valence-electron chi connectivity index (χ3n) is 8.58. The Bertz CT molecular complexity index is 1440. The summed E-state index contributed by atoms with van der Waals surface area (Å²) in [5.41, 5.74) is 0. The number of halogens is 8. The predicted octanol–water partition coefficient (Wildman–Crippen LogP) is -0.587. The van der Waals surface area contributed by atoms with Gasteiger partial charge in [0.25, 0.3) is 0 Å². The van der Waals surface area contributed by atoms with E-state index in [2.05, 4.69) is 28.4 Å². The molecule has 80 heavy (non-hydrogen) atoms. The monoisotopic (exact) mass is 1200 g/mol. The molecule has 8 N–H and O–H groups in total. The summed E-state index contributed by atoms with van der Waals surface area (Å²) in [5.74, 6) is -0.00171. The molecule has 34 heteroatoms. The zero-order chi connectivity index (χ0) is 60.6. The number of ether oxygens (including phenoxy) is 16. The van der Waals surface area contributed by atoms with Gasteiger partial charge in [0.2, 0.25) is 0 Å². The molecule has 6 atom stereocenters. The molecule has 26 nitrogen and oxygen atoms in total. The van der Waals surface area contributed by atoms with Crippen LogP contribution in [0.4, 0.5) is 35.1 Å². The molecular weight excluding hydrogens is 1120 g/mol. The molecular formula is C46H84F8O26. The highest BCUT2D eigenvalue weighted by Gasteiger charge is 2.46. The minimum atomic E-state index is -4.42. The third-order valence-corrected chi connectivity index (χ3v) is 8.58. The molecule has 0 fully saturated rings. The highest BCUT2D eigenvalue weighted by Crippen LogP contribution is 2.29. The van der Waals surface area contributed by atoms with Crippen molar-refractivity contribution in [3.63, 3.8) is 0 Å². The van der Waals surface area contributed by atoms with Crippen LogP contribution in [0.2, 0.25) is 0 Å². The van der Waals surface area contributed by atoms with E-state index in [9.17, 15) is 75.4 Å². The second kappa shape index (κ2) is 50.2. The Morgan fingerprint density at radius 1 is 0.325 bits per heavy atom. The van der Waals surface area contributed by atoms with Crippen LogP contribution in [-0.2, 0) is 85.4 Å². The van der Waals surface area contributed by atoms with E-state index in [1.165, 1.54) is 13.8 Å². The lowest BCUT2D eigenvalue weighted by Crippen LogP contribution is -2.40. The van der Waals surface area contributed by atoms with E-state index in [1.54, 1.807) is 0 Å². The second-order valence-corrected chi connectivity index (χ2v) is 17.0. The number of rotatable bonds is 58. The number of carbonyl (C=O) groups excluding carboxylic acids is 2. The maximum atomic E-state index is 13.7. The lowest BCUT2D eigenvalue weighted by Gasteiger charge is -2.24. The van der Waals surface area contributed by atoms with Crippen LogP contribution < -0.4 is 0 Å². The van der Waals surface area contributed by atoms with E-state index in [0.29, 0.717) is 25.7 Å². The minimum Gasteiger partial charge on any atom is -0.394 e. The third kappa shape index (κ3) is 57.6. The number of aliphatic hydroxyl groups is 8. The highest BCUT2D eigenvalue weighted by molar-refractivity contribution is 5.75. The molecule has 0 saturated heterocycles. The molecule has 0 spiro atoms. The summed E-state index contributed by atoms with van der Waals surface area (Å²) in [4.78, 5) is 21.6. The molecule has 0 aliphatic heterocycles. The van der Waals surface area contributed by atoms with Gasteiger partial charge in [0.05, 0.1) is 132 Å². The predicted molar refractivity (Wildman–Crippen MR) is 254 cm³/mol. The number of hydrogen-bond acceptors (Lipinski definition) is 26. The first-order chi connectivity index (χ1) is 37.7. The van der Waals surface area contributed by atoms with Gasteiger partial charge in [-0.05, 0) is 26.7 Å². The van der Waals surface area contributed by atoms with Crippen LogP contribution in [-0.4, -0.2) is 299 Å². The van der Waals surface area contributed by atoms with E-state index in [-0.39, 0.29) is 137 Å². The zero-order valence-corrected chi connectivity index (χ0v) is 45.0. The SMILES string of the molecule is CC(=O)CCCOCC(O)COCC(F)(F)OC(F)(F)COCOCCOCC(O)COCCO.CC(=O)CCCOCC(O)COCC(O)COCC(F)(F)OC(F)(F)COCOCCOCC(O)COCC(O)COCCO. The zero-order valence-electron chi connectivity index (χ0n) is 45.0. The number of Topliss-reactive ketones (excluding diaryl/α,β-unsaturated/α-hetero) is 2. The molecule has 0 aliphatic carbocycles. The topological polar surface area (TPSA) is 344 Å². The van der Waals surface area contributed by atoms with E-state index in [1.807, 2.05) is 0 Å². The van der Waals surface area contributed by atoms with Crippen molar-refractivity contribution in [1.82, 2.24) is 0 Å². The van der Waals surface area contributed by atoms with Gasteiger partial charge in [-0.1, -0.05) is 0 Å². The van der Waals surface area contributed by atoms with Crippen LogP contribution in [0.5, 0.6) is 0 Å². The smallest absolute Gasteiger partial charge is 0.383 e. The molecule has 0 rings (SSSR count). The van der Waals surface area contributed by atoms with Crippen molar-refractivity contribution in [1.29, 1.82) is 0 Å². The van der Waals surface area contributed by atoms with Crippen molar-refractivity contribution < 1.29 is 161 Å². The molecule has 0 aromatic carbocycles. The number of aliphatic hydroxyl groups excluding tert-OH is 8. The van der Waals surface area contributed by atoms with Crippen molar-refractivity contribution in [3.8, 4) is 0 Å². The first kappa shape index (κ1) is 79.9. The quantitative estimate of drug-likeness (QED) is 0.0214. The maximum absolute atomic E-state index is 13.7. The summed E-state index contributed by atoms with van der Waals surface area (Å²) in [6.45, 7) is -7.50. The first-order valence-electron chi connectivity index (χ1n) is 25.0. The van der Waals surface area contributed by atoms with Crippen LogP contribution >= 0.6 is 0 Å². The largest absolute Gasteiger partial charge is 0.394 e. The molecule has 0 radical (unpaired) electrons.